The molecule has 0 unspecified atom stereocenters. The molecule has 3 aromatic heterocycles. The van der Waals surface area contributed by atoms with Crippen molar-refractivity contribution in [2.75, 3.05) is 11.6 Å². The fraction of sp³-hybridized carbons (Fsp3) is 0.609. The average molecular weight is 427 g/mol. The maximum Gasteiger partial charge on any atom is 0.189 e. The predicted octanol–water partition coefficient (Wildman–Crippen LogP) is 6.54. The van der Waals surface area contributed by atoms with Crippen molar-refractivity contribution in [1.29, 1.82) is 0 Å². The quantitative estimate of drug-likeness (QED) is 0.358. The van der Waals surface area contributed by atoms with E-state index < -0.39 is 0 Å². The highest BCUT2D eigenvalue weighted by Crippen LogP contribution is 2.42. The Hall–Kier alpha value is -1.40. The standard InChI is InChI=1S/C23H30N4S2/c1-3-4-13-17-15-11-8-12-16(15)18-19-20(29-22(18)25-17)21(27-23(26-19)28-2)24-14-9-6-5-7-10-14/h14H,3-13H2,1-2H3,(H,24,26,27). The number of pyridine rings is 1. The molecular weight excluding hydrogens is 396 g/mol. The van der Waals surface area contributed by atoms with Gasteiger partial charge in [-0.05, 0) is 62.3 Å². The Morgan fingerprint density at radius 2 is 1.86 bits per heavy atom. The van der Waals surface area contributed by atoms with E-state index in [1.807, 2.05) is 0 Å². The lowest BCUT2D eigenvalue weighted by Crippen LogP contribution is -2.23. The lowest BCUT2D eigenvalue weighted by molar-refractivity contribution is 0.462. The van der Waals surface area contributed by atoms with E-state index in [0.29, 0.717) is 6.04 Å². The van der Waals surface area contributed by atoms with E-state index in [4.69, 9.17) is 15.0 Å². The highest BCUT2D eigenvalue weighted by atomic mass is 32.2. The van der Waals surface area contributed by atoms with E-state index in [-0.39, 0.29) is 0 Å². The van der Waals surface area contributed by atoms with Gasteiger partial charge in [0.1, 0.15) is 10.6 Å². The van der Waals surface area contributed by atoms with Crippen LogP contribution in [0.2, 0.25) is 0 Å². The molecule has 0 radical (unpaired) electrons. The third-order valence-corrected chi connectivity index (χ3v) is 8.12. The molecule has 0 spiro atoms. The van der Waals surface area contributed by atoms with Crippen LogP contribution in [0.25, 0.3) is 20.4 Å². The van der Waals surface area contributed by atoms with Crippen LogP contribution in [0.5, 0.6) is 0 Å². The van der Waals surface area contributed by atoms with E-state index in [0.717, 1.165) is 22.9 Å². The van der Waals surface area contributed by atoms with Gasteiger partial charge in [0, 0.05) is 17.1 Å². The molecule has 0 atom stereocenters. The van der Waals surface area contributed by atoms with Gasteiger partial charge in [-0.15, -0.1) is 11.3 Å². The fourth-order valence-electron chi connectivity index (χ4n) is 5.00. The van der Waals surface area contributed by atoms with Crippen molar-refractivity contribution in [3.8, 4) is 0 Å². The molecule has 0 aliphatic heterocycles. The molecule has 154 valence electrons. The first kappa shape index (κ1) is 19.6. The van der Waals surface area contributed by atoms with E-state index in [1.165, 1.54) is 95.9 Å². The van der Waals surface area contributed by atoms with Gasteiger partial charge in [-0.3, -0.25) is 0 Å². The number of thiophene rings is 1. The summed E-state index contributed by atoms with van der Waals surface area (Å²) in [6, 6.07) is 0.542. The maximum absolute atomic E-state index is 5.18. The van der Waals surface area contributed by atoms with Crippen LogP contribution in [-0.2, 0) is 19.3 Å². The van der Waals surface area contributed by atoms with Crippen LogP contribution in [0, 0.1) is 0 Å². The molecule has 0 saturated heterocycles. The first-order chi connectivity index (χ1) is 14.3. The number of thioether (sulfide) groups is 1. The lowest BCUT2D eigenvalue weighted by Gasteiger charge is -2.23. The summed E-state index contributed by atoms with van der Waals surface area (Å²) in [7, 11) is 0. The summed E-state index contributed by atoms with van der Waals surface area (Å²) in [6.45, 7) is 2.26. The molecule has 5 rings (SSSR count). The molecule has 0 amide bonds. The molecule has 4 nitrogen and oxygen atoms in total. The van der Waals surface area contributed by atoms with E-state index in [1.54, 1.807) is 23.1 Å². The van der Waals surface area contributed by atoms with Crippen molar-refractivity contribution >= 4 is 49.3 Å². The summed E-state index contributed by atoms with van der Waals surface area (Å²) < 4.78 is 1.21. The number of hydrogen-bond acceptors (Lipinski definition) is 6. The molecule has 29 heavy (non-hydrogen) atoms. The monoisotopic (exact) mass is 426 g/mol. The zero-order valence-corrected chi connectivity index (χ0v) is 19.1. The molecule has 0 aromatic carbocycles. The number of rotatable bonds is 6. The topological polar surface area (TPSA) is 50.7 Å². The van der Waals surface area contributed by atoms with Crippen LogP contribution in [0.4, 0.5) is 5.82 Å². The second-order valence-corrected chi connectivity index (χ2v) is 10.2. The number of anilines is 1. The average Bonchev–Trinajstić information content (AvgIpc) is 3.37. The summed E-state index contributed by atoms with van der Waals surface area (Å²) in [5.41, 5.74) is 5.53. The van der Waals surface area contributed by atoms with Crippen molar-refractivity contribution < 1.29 is 0 Å². The van der Waals surface area contributed by atoms with Gasteiger partial charge in [0.2, 0.25) is 0 Å². The van der Waals surface area contributed by atoms with Gasteiger partial charge < -0.3 is 5.32 Å². The van der Waals surface area contributed by atoms with Crippen molar-refractivity contribution in [3.63, 3.8) is 0 Å². The Labute approximate surface area is 181 Å². The number of nitrogens with one attached hydrogen (secondary N) is 1. The van der Waals surface area contributed by atoms with Crippen molar-refractivity contribution in [2.45, 2.75) is 88.8 Å². The van der Waals surface area contributed by atoms with Gasteiger partial charge in [-0.1, -0.05) is 44.4 Å². The van der Waals surface area contributed by atoms with Crippen LogP contribution in [0.1, 0.15) is 75.1 Å². The summed E-state index contributed by atoms with van der Waals surface area (Å²) in [5.74, 6) is 1.04. The van der Waals surface area contributed by atoms with E-state index in [9.17, 15) is 0 Å². The number of unbranched alkanes of at least 4 members (excludes halogenated alkanes) is 1. The van der Waals surface area contributed by atoms with Gasteiger partial charge >= 0.3 is 0 Å². The van der Waals surface area contributed by atoms with Crippen LogP contribution >= 0.6 is 23.1 Å². The smallest absolute Gasteiger partial charge is 0.189 e. The Balaban J connectivity index is 1.67. The number of nitrogens with zero attached hydrogens (tertiary/aromatic N) is 3. The summed E-state index contributed by atoms with van der Waals surface area (Å²) >= 11 is 3.44. The number of aromatic nitrogens is 3. The minimum absolute atomic E-state index is 0.542. The summed E-state index contributed by atoms with van der Waals surface area (Å²) in [5, 5.41) is 5.99. The molecule has 3 heterocycles. The zero-order chi connectivity index (χ0) is 19.8. The molecule has 1 fully saturated rings. The Morgan fingerprint density at radius 3 is 2.66 bits per heavy atom. The van der Waals surface area contributed by atoms with Crippen LogP contribution in [-0.4, -0.2) is 27.2 Å². The first-order valence-corrected chi connectivity index (χ1v) is 13.3. The highest BCUT2D eigenvalue weighted by molar-refractivity contribution is 7.98. The third-order valence-electron chi connectivity index (χ3n) is 6.49. The molecule has 0 bridgehead atoms. The minimum Gasteiger partial charge on any atom is -0.366 e. The predicted molar refractivity (Wildman–Crippen MR) is 126 cm³/mol. The largest absolute Gasteiger partial charge is 0.366 e. The van der Waals surface area contributed by atoms with Gasteiger partial charge in [-0.25, -0.2) is 15.0 Å². The fourth-order valence-corrected chi connectivity index (χ4v) is 6.49. The van der Waals surface area contributed by atoms with Crippen molar-refractivity contribution in [1.82, 2.24) is 15.0 Å². The number of fused-ring (bicyclic) bond motifs is 5. The van der Waals surface area contributed by atoms with Crippen molar-refractivity contribution in [2.24, 2.45) is 0 Å². The van der Waals surface area contributed by atoms with Crippen LogP contribution < -0.4 is 5.32 Å². The summed E-state index contributed by atoms with van der Waals surface area (Å²) in [6.07, 6.45) is 15.7. The van der Waals surface area contributed by atoms with Crippen molar-refractivity contribution in [3.05, 3.63) is 16.8 Å². The number of aryl methyl sites for hydroxylation is 2. The normalized spacial score (nSPS) is 17.3. The Kier molecular flexibility index (Phi) is 5.65. The van der Waals surface area contributed by atoms with E-state index >= 15 is 0 Å². The first-order valence-electron chi connectivity index (χ1n) is 11.2. The second kappa shape index (κ2) is 8.38. The lowest BCUT2D eigenvalue weighted by atomic mass is 9.95. The van der Waals surface area contributed by atoms with Crippen LogP contribution in [0.3, 0.4) is 0 Å². The SMILES string of the molecule is CCCCc1nc2sc3c(NC4CCCCC4)nc(SC)nc3c2c2c1CCC2. The minimum atomic E-state index is 0.542. The molecular formula is C23H30N4S2. The molecule has 6 heteroatoms. The molecule has 3 aromatic rings. The van der Waals surface area contributed by atoms with E-state index in [2.05, 4.69) is 18.5 Å². The zero-order valence-electron chi connectivity index (χ0n) is 17.5. The van der Waals surface area contributed by atoms with Crippen LogP contribution in [0.15, 0.2) is 5.16 Å². The Bertz CT molecular complexity index is 1040. The molecule has 2 aliphatic carbocycles. The summed E-state index contributed by atoms with van der Waals surface area (Å²) in [4.78, 5) is 16.2. The van der Waals surface area contributed by atoms with Gasteiger partial charge in [0.05, 0.1) is 10.2 Å². The third kappa shape index (κ3) is 3.63. The van der Waals surface area contributed by atoms with Gasteiger partial charge in [0.15, 0.2) is 5.16 Å². The molecule has 1 N–H and O–H groups in total. The maximum atomic E-state index is 5.18. The molecule has 2 aliphatic rings. The van der Waals surface area contributed by atoms with Gasteiger partial charge in [-0.2, -0.15) is 0 Å². The van der Waals surface area contributed by atoms with Gasteiger partial charge in [0.25, 0.3) is 0 Å². The Morgan fingerprint density at radius 1 is 1.03 bits per heavy atom. The molecule has 1 saturated carbocycles. The number of hydrogen-bond donors (Lipinski definition) is 1. The highest BCUT2D eigenvalue weighted by Gasteiger charge is 2.25. The second-order valence-electron chi connectivity index (χ2n) is 8.47.